The molecular formula is C28H30Cl2F2N2O6S. The summed E-state index contributed by atoms with van der Waals surface area (Å²) in [5, 5.41) is 3.64. The van der Waals surface area contributed by atoms with Gasteiger partial charge in [-0.1, -0.05) is 47.5 Å². The van der Waals surface area contributed by atoms with Crippen LogP contribution in [0.3, 0.4) is 0 Å². The van der Waals surface area contributed by atoms with E-state index in [1.54, 1.807) is 24.4 Å². The van der Waals surface area contributed by atoms with Crippen molar-refractivity contribution < 1.29 is 36.2 Å². The Morgan fingerprint density at radius 1 is 1.12 bits per heavy atom. The van der Waals surface area contributed by atoms with E-state index >= 15 is 0 Å². The van der Waals surface area contributed by atoms with Crippen molar-refractivity contribution in [2.75, 3.05) is 20.2 Å². The fraction of sp³-hybridized carbons (Fsp3) is 0.393. The lowest BCUT2D eigenvalue weighted by molar-refractivity contribution is -0.153. The first-order valence-corrected chi connectivity index (χ1v) is 15.1. The maximum atomic E-state index is 13.4. The molecule has 0 aromatic heterocycles. The van der Waals surface area contributed by atoms with E-state index in [9.17, 15) is 22.0 Å². The van der Waals surface area contributed by atoms with E-state index in [4.69, 9.17) is 32.7 Å². The number of ether oxygens (including phenoxy) is 3. The number of halogens is 4. The van der Waals surface area contributed by atoms with Crippen molar-refractivity contribution in [1.82, 2.24) is 9.62 Å². The molecule has 222 valence electrons. The van der Waals surface area contributed by atoms with Gasteiger partial charge in [-0.3, -0.25) is 4.79 Å². The van der Waals surface area contributed by atoms with Gasteiger partial charge in [0.1, 0.15) is 12.1 Å². The van der Waals surface area contributed by atoms with Crippen LogP contribution in [-0.2, 0) is 19.6 Å². The molecule has 8 nitrogen and oxygen atoms in total. The number of rotatable bonds is 13. The Kier molecular flexibility index (Phi) is 10.2. The van der Waals surface area contributed by atoms with Crippen LogP contribution < -0.4 is 14.8 Å². The monoisotopic (exact) mass is 630 g/mol. The van der Waals surface area contributed by atoms with Gasteiger partial charge in [-0.2, -0.15) is 13.1 Å². The second kappa shape index (κ2) is 13.4. The Labute approximate surface area is 247 Å². The number of hydrogen-bond acceptors (Lipinski definition) is 7. The lowest BCUT2D eigenvalue weighted by Gasteiger charge is -2.27. The van der Waals surface area contributed by atoms with Gasteiger partial charge in [0.2, 0.25) is 10.0 Å². The number of carbonyl (C=O) groups excluding carboxylic acids is 1. The summed E-state index contributed by atoms with van der Waals surface area (Å²) in [5.74, 6) is -0.596. The van der Waals surface area contributed by atoms with E-state index in [2.05, 4.69) is 10.1 Å². The summed E-state index contributed by atoms with van der Waals surface area (Å²) in [5.41, 5.74) is 0.905. The molecule has 0 bridgehead atoms. The van der Waals surface area contributed by atoms with Crippen molar-refractivity contribution in [3.05, 3.63) is 75.9 Å². The second-order valence-corrected chi connectivity index (χ2v) is 12.6. The van der Waals surface area contributed by atoms with E-state index in [0.717, 1.165) is 17.1 Å². The Bertz CT molecular complexity index is 1420. The highest BCUT2D eigenvalue weighted by Gasteiger charge is 2.33. The smallest absolute Gasteiger partial charge is 0.387 e. The van der Waals surface area contributed by atoms with E-state index in [1.165, 1.54) is 44.3 Å². The quantitative estimate of drug-likeness (QED) is 0.274. The van der Waals surface area contributed by atoms with Gasteiger partial charge in [-0.25, -0.2) is 8.42 Å². The second-order valence-electron chi connectivity index (χ2n) is 9.74. The summed E-state index contributed by atoms with van der Waals surface area (Å²) < 4.78 is 69.6. The van der Waals surface area contributed by atoms with E-state index < -0.39 is 34.7 Å². The molecule has 2 aromatic rings. The zero-order valence-electron chi connectivity index (χ0n) is 22.4. The minimum atomic E-state index is -4.01. The largest absolute Gasteiger partial charge is 0.489 e. The van der Waals surface area contributed by atoms with Gasteiger partial charge in [0.15, 0.2) is 11.5 Å². The molecule has 4 rings (SSSR count). The molecule has 1 saturated carbocycles. The molecule has 2 aromatic carbocycles. The van der Waals surface area contributed by atoms with Crippen molar-refractivity contribution in [3.8, 4) is 11.5 Å². The Hall–Kier alpha value is -2.86. The van der Waals surface area contributed by atoms with Crippen molar-refractivity contribution in [1.29, 1.82) is 0 Å². The van der Waals surface area contributed by atoms with Crippen LogP contribution in [0.5, 0.6) is 11.5 Å². The number of esters is 1. The Balaban J connectivity index is 1.64. The number of likely N-dealkylation sites (N-methyl/N-ethyl adjacent to an activating group) is 1. The predicted molar refractivity (Wildman–Crippen MR) is 150 cm³/mol. The van der Waals surface area contributed by atoms with Gasteiger partial charge in [0, 0.05) is 24.7 Å². The molecule has 0 unspecified atom stereocenters. The Morgan fingerprint density at radius 3 is 2.46 bits per heavy atom. The zero-order valence-corrected chi connectivity index (χ0v) is 24.7. The van der Waals surface area contributed by atoms with Crippen LogP contribution in [0.1, 0.15) is 37.9 Å². The third-order valence-corrected chi connectivity index (χ3v) is 9.42. The van der Waals surface area contributed by atoms with Gasteiger partial charge in [0.25, 0.3) is 0 Å². The summed E-state index contributed by atoms with van der Waals surface area (Å²) in [6.45, 7) is -1.03. The highest BCUT2D eigenvalue weighted by atomic mass is 35.5. The molecule has 0 spiro atoms. The third-order valence-electron chi connectivity index (χ3n) is 6.78. The molecule has 1 aliphatic heterocycles. The van der Waals surface area contributed by atoms with Gasteiger partial charge in [-0.05, 0) is 61.1 Å². The summed E-state index contributed by atoms with van der Waals surface area (Å²) in [4.78, 5) is 13.4. The number of hydrogen-bond donors (Lipinski definition) is 1. The lowest BCUT2D eigenvalue weighted by Crippen LogP contribution is -2.41. The van der Waals surface area contributed by atoms with E-state index in [1.807, 2.05) is 0 Å². The number of carbonyl (C=O) groups is 1. The van der Waals surface area contributed by atoms with E-state index in [-0.39, 0.29) is 22.8 Å². The van der Waals surface area contributed by atoms with Crippen LogP contribution in [0.25, 0.3) is 0 Å². The first-order chi connectivity index (χ1) is 19.5. The molecule has 2 aliphatic rings. The molecule has 1 aliphatic carbocycles. The average molecular weight is 632 g/mol. The van der Waals surface area contributed by atoms with Crippen LogP contribution >= 0.6 is 23.2 Å². The lowest BCUT2D eigenvalue weighted by atomic mass is 9.99. The summed E-state index contributed by atoms with van der Waals surface area (Å²) in [6, 6.07) is 10.8. The van der Waals surface area contributed by atoms with Gasteiger partial charge < -0.3 is 19.5 Å². The standard InChI is InChI=1S/C28H30Cl2F2N2O6S/c1-17(34(2)41(36,37)20-6-4-3-5-7-20)27(35)39-25(13-21-22(29)14-33-15-23(21)30)19-10-11-24(40-28(31)32)26(12-19)38-16-18-8-9-18/h3-7,10-12,14,17-18,25,28,33H,8-9,13,15-16H2,1-2H3/t17-,25+/m1/s1. The number of benzene rings is 2. The van der Waals surface area contributed by atoms with Crippen molar-refractivity contribution in [2.45, 2.75) is 49.8 Å². The highest BCUT2D eigenvalue weighted by molar-refractivity contribution is 7.89. The van der Waals surface area contributed by atoms with Gasteiger partial charge >= 0.3 is 12.6 Å². The van der Waals surface area contributed by atoms with E-state index in [0.29, 0.717) is 40.3 Å². The van der Waals surface area contributed by atoms with Crippen LogP contribution in [0, 0.1) is 5.92 Å². The number of sulfonamides is 1. The molecule has 1 heterocycles. The summed E-state index contributed by atoms with van der Waals surface area (Å²) >= 11 is 12.8. The molecule has 0 amide bonds. The topological polar surface area (TPSA) is 94.2 Å². The molecule has 1 N–H and O–H groups in total. The molecule has 0 saturated heterocycles. The molecular weight excluding hydrogens is 601 g/mol. The number of alkyl halides is 2. The predicted octanol–water partition coefficient (Wildman–Crippen LogP) is 5.94. The molecule has 41 heavy (non-hydrogen) atoms. The summed E-state index contributed by atoms with van der Waals surface area (Å²) in [6.07, 6.45) is 2.53. The minimum Gasteiger partial charge on any atom is -0.489 e. The highest BCUT2D eigenvalue weighted by Crippen LogP contribution is 2.39. The first-order valence-electron chi connectivity index (χ1n) is 12.9. The maximum Gasteiger partial charge on any atom is 0.387 e. The van der Waals surface area contributed by atoms with Gasteiger partial charge in [-0.15, -0.1) is 0 Å². The molecule has 0 radical (unpaired) electrons. The van der Waals surface area contributed by atoms with Crippen molar-refractivity contribution >= 4 is 39.2 Å². The fourth-order valence-electron chi connectivity index (χ4n) is 4.05. The number of nitrogens with one attached hydrogen (secondary N) is 1. The average Bonchev–Trinajstić information content (AvgIpc) is 3.78. The normalized spacial score (nSPS) is 17.1. The van der Waals surface area contributed by atoms with Crippen LogP contribution in [0.15, 0.2) is 75.3 Å². The van der Waals surface area contributed by atoms with Crippen LogP contribution in [0.2, 0.25) is 0 Å². The van der Waals surface area contributed by atoms with Crippen LogP contribution in [-0.4, -0.2) is 51.5 Å². The first kappa shape index (κ1) is 31.1. The SMILES string of the molecule is C[C@H](C(=O)O[C@@H](CC1=C(Cl)CNC=C1Cl)c1ccc(OC(F)F)c(OCC2CC2)c1)N(C)S(=O)(=O)c1ccccc1. The van der Waals surface area contributed by atoms with Gasteiger partial charge in [0.05, 0.1) is 23.1 Å². The van der Waals surface area contributed by atoms with Crippen LogP contribution in [0.4, 0.5) is 8.78 Å². The van der Waals surface area contributed by atoms with Crippen molar-refractivity contribution in [3.63, 3.8) is 0 Å². The Morgan fingerprint density at radius 2 is 1.83 bits per heavy atom. The fourth-order valence-corrected chi connectivity index (χ4v) is 5.96. The zero-order chi connectivity index (χ0) is 29.7. The molecule has 1 fully saturated rings. The number of nitrogens with zero attached hydrogens (tertiary/aromatic N) is 1. The number of allylic oxidation sites excluding steroid dienone is 1. The minimum absolute atomic E-state index is 0.0225. The molecule has 2 atom stereocenters. The number of dihydropyridines is 1. The molecule has 13 heteroatoms. The third kappa shape index (κ3) is 7.91. The van der Waals surface area contributed by atoms with Crippen molar-refractivity contribution in [2.24, 2.45) is 5.92 Å². The maximum absolute atomic E-state index is 13.4. The summed E-state index contributed by atoms with van der Waals surface area (Å²) in [7, 11) is -2.72.